The molecule has 0 unspecified atom stereocenters. The quantitative estimate of drug-likeness (QED) is 0.519. The van der Waals surface area contributed by atoms with E-state index in [2.05, 4.69) is 18.8 Å². The Morgan fingerprint density at radius 3 is 2.20 bits per heavy atom. The molecule has 0 saturated heterocycles. The van der Waals surface area contributed by atoms with Gasteiger partial charge in [-0.1, -0.05) is 11.6 Å². The smallest absolute Gasteiger partial charge is 0.0359 e. The lowest BCUT2D eigenvalue weighted by Crippen LogP contribution is -1.74. The standard InChI is InChI=1S/C9H15N/c1-5-6-7-10-9(4)8(2)3/h5-7H,1-4H3/b6-5-,10-7?. The van der Waals surface area contributed by atoms with Gasteiger partial charge in [0.25, 0.3) is 0 Å². The van der Waals surface area contributed by atoms with Gasteiger partial charge in [0.1, 0.15) is 0 Å². The van der Waals surface area contributed by atoms with Gasteiger partial charge in [0, 0.05) is 11.9 Å². The Hall–Kier alpha value is -0.850. The van der Waals surface area contributed by atoms with Gasteiger partial charge in [0.15, 0.2) is 0 Å². The molecule has 0 radical (unpaired) electrons. The summed E-state index contributed by atoms with van der Waals surface area (Å²) >= 11 is 0. The van der Waals surface area contributed by atoms with Crippen LogP contribution >= 0.6 is 0 Å². The third-order valence-corrected chi connectivity index (χ3v) is 1.27. The summed E-state index contributed by atoms with van der Waals surface area (Å²) in [5, 5.41) is 0. The molecule has 0 aliphatic heterocycles. The zero-order chi connectivity index (χ0) is 7.98. The molecular formula is C9H15N. The molecule has 0 amide bonds. The maximum absolute atomic E-state index is 4.18. The molecule has 10 heavy (non-hydrogen) atoms. The molecule has 0 spiro atoms. The van der Waals surface area contributed by atoms with Crippen LogP contribution in [0.15, 0.2) is 28.4 Å². The molecule has 1 heteroatoms. The highest BCUT2D eigenvalue weighted by Crippen LogP contribution is 2.01. The van der Waals surface area contributed by atoms with Crippen LogP contribution in [0.25, 0.3) is 0 Å². The van der Waals surface area contributed by atoms with Crippen LogP contribution < -0.4 is 0 Å². The molecule has 0 aromatic carbocycles. The number of nitrogens with zero attached hydrogens (tertiary/aromatic N) is 1. The van der Waals surface area contributed by atoms with Gasteiger partial charge in [-0.05, 0) is 33.8 Å². The normalized spacial score (nSPS) is 11.2. The minimum atomic E-state index is 1.10. The van der Waals surface area contributed by atoms with Crippen molar-refractivity contribution in [1.82, 2.24) is 0 Å². The number of hydrogen-bond donors (Lipinski definition) is 0. The van der Waals surface area contributed by atoms with E-state index in [0.717, 1.165) is 5.70 Å². The first-order chi connectivity index (χ1) is 4.68. The topological polar surface area (TPSA) is 12.4 Å². The molecule has 0 aliphatic rings. The van der Waals surface area contributed by atoms with E-state index in [0.29, 0.717) is 0 Å². The number of hydrogen-bond acceptors (Lipinski definition) is 1. The van der Waals surface area contributed by atoms with Crippen LogP contribution in [0.5, 0.6) is 0 Å². The highest BCUT2D eigenvalue weighted by Gasteiger charge is 1.82. The zero-order valence-electron chi connectivity index (χ0n) is 7.18. The molecule has 1 nitrogen and oxygen atoms in total. The van der Waals surface area contributed by atoms with Crippen LogP contribution in [-0.2, 0) is 0 Å². The lowest BCUT2D eigenvalue weighted by atomic mass is 10.3. The van der Waals surface area contributed by atoms with Gasteiger partial charge in [-0.15, -0.1) is 0 Å². The van der Waals surface area contributed by atoms with Crippen LogP contribution in [0.3, 0.4) is 0 Å². The molecular weight excluding hydrogens is 122 g/mol. The van der Waals surface area contributed by atoms with E-state index in [1.54, 1.807) is 0 Å². The molecule has 0 aliphatic carbocycles. The van der Waals surface area contributed by atoms with Crippen LogP contribution in [0.1, 0.15) is 27.7 Å². The van der Waals surface area contributed by atoms with E-state index in [-0.39, 0.29) is 0 Å². The van der Waals surface area contributed by atoms with E-state index in [1.165, 1.54) is 5.57 Å². The summed E-state index contributed by atoms with van der Waals surface area (Å²) in [6.45, 7) is 8.10. The predicted molar refractivity (Wildman–Crippen MR) is 47.4 cm³/mol. The van der Waals surface area contributed by atoms with Gasteiger partial charge >= 0.3 is 0 Å². The Labute approximate surface area is 63.2 Å². The Morgan fingerprint density at radius 1 is 1.20 bits per heavy atom. The highest BCUT2D eigenvalue weighted by atomic mass is 14.7. The fourth-order valence-corrected chi connectivity index (χ4v) is 0.370. The first-order valence-electron chi connectivity index (χ1n) is 3.48. The van der Waals surface area contributed by atoms with E-state index < -0.39 is 0 Å². The summed E-state index contributed by atoms with van der Waals surface area (Å²) in [5.74, 6) is 0. The third kappa shape index (κ3) is 4.07. The maximum Gasteiger partial charge on any atom is 0.0359 e. The van der Waals surface area contributed by atoms with E-state index in [1.807, 2.05) is 32.2 Å². The fourth-order valence-electron chi connectivity index (χ4n) is 0.370. The van der Waals surface area contributed by atoms with Crippen molar-refractivity contribution in [3.63, 3.8) is 0 Å². The van der Waals surface area contributed by atoms with Crippen LogP contribution in [0.2, 0.25) is 0 Å². The van der Waals surface area contributed by atoms with Gasteiger partial charge in [0.05, 0.1) is 0 Å². The first kappa shape index (κ1) is 9.15. The zero-order valence-corrected chi connectivity index (χ0v) is 7.18. The molecule has 0 heterocycles. The maximum atomic E-state index is 4.18. The molecule has 0 rings (SSSR count). The summed E-state index contributed by atoms with van der Waals surface area (Å²) in [5.41, 5.74) is 2.36. The molecule has 0 bridgehead atoms. The van der Waals surface area contributed by atoms with E-state index in [9.17, 15) is 0 Å². The minimum absolute atomic E-state index is 1.10. The van der Waals surface area contributed by atoms with Crippen molar-refractivity contribution < 1.29 is 0 Å². The summed E-state index contributed by atoms with van der Waals surface area (Å²) in [6.07, 6.45) is 5.69. The summed E-state index contributed by atoms with van der Waals surface area (Å²) in [7, 11) is 0. The molecule has 56 valence electrons. The van der Waals surface area contributed by atoms with E-state index in [4.69, 9.17) is 0 Å². The minimum Gasteiger partial charge on any atom is -0.262 e. The second kappa shape index (κ2) is 4.98. The van der Waals surface area contributed by atoms with Crippen LogP contribution in [-0.4, -0.2) is 6.21 Å². The monoisotopic (exact) mass is 137 g/mol. The van der Waals surface area contributed by atoms with Crippen molar-refractivity contribution in [3.8, 4) is 0 Å². The molecule has 0 aromatic rings. The Kier molecular flexibility index (Phi) is 4.55. The summed E-state index contributed by atoms with van der Waals surface area (Å²) in [6, 6.07) is 0. The van der Waals surface area contributed by atoms with Crippen LogP contribution in [0, 0.1) is 0 Å². The number of aliphatic imine (C=N–C) groups is 1. The highest BCUT2D eigenvalue weighted by molar-refractivity contribution is 5.71. The van der Waals surface area contributed by atoms with Gasteiger partial charge in [0.2, 0.25) is 0 Å². The number of rotatable bonds is 2. The first-order valence-corrected chi connectivity index (χ1v) is 3.48. The van der Waals surface area contributed by atoms with Crippen molar-refractivity contribution in [2.24, 2.45) is 4.99 Å². The summed E-state index contributed by atoms with van der Waals surface area (Å²) in [4.78, 5) is 4.18. The van der Waals surface area contributed by atoms with Gasteiger partial charge in [-0.25, -0.2) is 0 Å². The Balaban J connectivity index is 4.03. The van der Waals surface area contributed by atoms with Gasteiger partial charge < -0.3 is 0 Å². The molecule has 0 aromatic heterocycles. The van der Waals surface area contributed by atoms with Crippen molar-refractivity contribution in [2.45, 2.75) is 27.7 Å². The van der Waals surface area contributed by atoms with Crippen molar-refractivity contribution in [3.05, 3.63) is 23.4 Å². The SMILES string of the molecule is C/C=C\C=NC(C)=C(C)C. The predicted octanol–water partition coefficient (Wildman–Crippen LogP) is 2.95. The molecule has 0 fully saturated rings. The molecule has 0 atom stereocenters. The fraction of sp³-hybridized carbons (Fsp3) is 0.444. The average molecular weight is 137 g/mol. The molecule has 0 N–H and O–H groups in total. The van der Waals surface area contributed by atoms with Gasteiger partial charge in [-0.3, -0.25) is 4.99 Å². The number of allylic oxidation sites excluding steroid dienone is 4. The lowest BCUT2D eigenvalue weighted by molar-refractivity contribution is 1.19. The summed E-state index contributed by atoms with van der Waals surface area (Å²) < 4.78 is 0. The van der Waals surface area contributed by atoms with Crippen molar-refractivity contribution in [1.29, 1.82) is 0 Å². The van der Waals surface area contributed by atoms with Crippen LogP contribution in [0.4, 0.5) is 0 Å². The lowest BCUT2D eigenvalue weighted by Gasteiger charge is -1.91. The average Bonchev–Trinajstić information content (AvgIpc) is 1.88. The molecule has 0 saturated carbocycles. The second-order valence-electron chi connectivity index (χ2n) is 2.39. The largest absolute Gasteiger partial charge is 0.262 e. The van der Waals surface area contributed by atoms with E-state index >= 15 is 0 Å². The Morgan fingerprint density at radius 2 is 1.80 bits per heavy atom. The van der Waals surface area contributed by atoms with Crippen molar-refractivity contribution >= 4 is 6.21 Å². The third-order valence-electron chi connectivity index (χ3n) is 1.27. The van der Waals surface area contributed by atoms with Gasteiger partial charge in [-0.2, -0.15) is 0 Å². The second-order valence-corrected chi connectivity index (χ2v) is 2.39. The Bertz CT molecular complexity index is 169. The van der Waals surface area contributed by atoms with Crippen molar-refractivity contribution in [2.75, 3.05) is 0 Å².